The van der Waals surface area contributed by atoms with Gasteiger partial charge in [-0.1, -0.05) is 36.4 Å². The number of nitrogens with zero attached hydrogens (tertiary/aromatic N) is 1. The zero-order valence-electron chi connectivity index (χ0n) is 12.4. The maximum absolute atomic E-state index is 11.5. The van der Waals surface area contributed by atoms with E-state index >= 15 is 0 Å². The molecule has 1 heterocycles. The van der Waals surface area contributed by atoms with Crippen LogP contribution in [0.4, 0.5) is 0 Å². The SMILES string of the molecule is CS(=O)(=O)c1ccc(CN2Cc3ccccc3C(O)C2)cc1. The molecule has 0 radical (unpaired) electrons. The summed E-state index contributed by atoms with van der Waals surface area (Å²) in [5.41, 5.74) is 3.19. The van der Waals surface area contributed by atoms with E-state index in [9.17, 15) is 13.5 Å². The molecule has 4 nitrogen and oxygen atoms in total. The maximum atomic E-state index is 11.5. The van der Waals surface area contributed by atoms with E-state index in [-0.39, 0.29) is 0 Å². The van der Waals surface area contributed by atoms with E-state index in [0.29, 0.717) is 18.0 Å². The van der Waals surface area contributed by atoms with Gasteiger partial charge >= 0.3 is 0 Å². The fourth-order valence-electron chi connectivity index (χ4n) is 2.87. The molecule has 0 fully saturated rings. The van der Waals surface area contributed by atoms with Gasteiger partial charge in [0.05, 0.1) is 11.0 Å². The van der Waals surface area contributed by atoms with Gasteiger partial charge in [-0.2, -0.15) is 0 Å². The number of sulfone groups is 1. The van der Waals surface area contributed by atoms with Crippen molar-refractivity contribution in [3.8, 4) is 0 Å². The number of benzene rings is 2. The summed E-state index contributed by atoms with van der Waals surface area (Å²) in [4.78, 5) is 2.50. The van der Waals surface area contributed by atoms with Crippen molar-refractivity contribution in [3.63, 3.8) is 0 Å². The molecule has 0 saturated heterocycles. The van der Waals surface area contributed by atoms with Crippen molar-refractivity contribution in [3.05, 3.63) is 65.2 Å². The molecule has 2 aromatic rings. The van der Waals surface area contributed by atoms with Gasteiger partial charge < -0.3 is 5.11 Å². The van der Waals surface area contributed by atoms with E-state index in [1.807, 2.05) is 36.4 Å². The first-order valence-corrected chi connectivity index (χ1v) is 9.10. The summed E-state index contributed by atoms with van der Waals surface area (Å²) < 4.78 is 22.9. The first-order chi connectivity index (χ1) is 10.4. The Morgan fingerprint density at radius 1 is 1.14 bits per heavy atom. The number of fused-ring (bicyclic) bond motifs is 1. The normalized spacial score (nSPS) is 18.9. The molecular weight excluding hydrogens is 298 g/mol. The third-order valence-electron chi connectivity index (χ3n) is 4.00. The Morgan fingerprint density at radius 3 is 2.50 bits per heavy atom. The Hall–Kier alpha value is -1.69. The molecule has 0 amide bonds. The molecule has 116 valence electrons. The van der Waals surface area contributed by atoms with Gasteiger partial charge in [-0.05, 0) is 28.8 Å². The second-order valence-electron chi connectivity index (χ2n) is 5.80. The van der Waals surface area contributed by atoms with Crippen molar-refractivity contribution in [2.24, 2.45) is 0 Å². The summed E-state index contributed by atoms with van der Waals surface area (Å²) >= 11 is 0. The van der Waals surface area contributed by atoms with Gasteiger partial charge in [0, 0.05) is 25.9 Å². The van der Waals surface area contributed by atoms with Crippen molar-refractivity contribution in [1.29, 1.82) is 0 Å². The Labute approximate surface area is 130 Å². The van der Waals surface area contributed by atoms with E-state index in [0.717, 1.165) is 23.2 Å². The van der Waals surface area contributed by atoms with Crippen molar-refractivity contribution in [2.45, 2.75) is 24.1 Å². The average Bonchev–Trinajstić information content (AvgIpc) is 2.47. The highest BCUT2D eigenvalue weighted by molar-refractivity contribution is 7.90. The van der Waals surface area contributed by atoms with Crippen LogP contribution in [0, 0.1) is 0 Å². The number of hydrogen-bond acceptors (Lipinski definition) is 4. The third kappa shape index (κ3) is 3.21. The molecule has 1 aliphatic heterocycles. The van der Waals surface area contributed by atoms with Crippen molar-refractivity contribution < 1.29 is 13.5 Å². The predicted octanol–water partition coefficient (Wildman–Crippen LogP) is 2.14. The molecular formula is C17H19NO3S. The lowest BCUT2D eigenvalue weighted by molar-refractivity contribution is 0.0882. The van der Waals surface area contributed by atoms with Gasteiger partial charge in [-0.3, -0.25) is 4.90 Å². The van der Waals surface area contributed by atoms with Crippen LogP contribution in [0.5, 0.6) is 0 Å². The summed E-state index contributed by atoms with van der Waals surface area (Å²) in [5.74, 6) is 0. The van der Waals surface area contributed by atoms with E-state index in [2.05, 4.69) is 4.90 Å². The molecule has 0 aromatic heterocycles. The van der Waals surface area contributed by atoms with Crippen LogP contribution in [-0.2, 0) is 22.9 Å². The summed E-state index contributed by atoms with van der Waals surface area (Å²) in [7, 11) is -3.16. The lowest BCUT2D eigenvalue weighted by Gasteiger charge is -2.32. The molecule has 0 aliphatic carbocycles. The molecule has 0 bridgehead atoms. The van der Waals surface area contributed by atoms with Gasteiger partial charge in [-0.25, -0.2) is 8.42 Å². The molecule has 1 unspecified atom stereocenters. The largest absolute Gasteiger partial charge is 0.387 e. The average molecular weight is 317 g/mol. The molecule has 0 spiro atoms. The van der Waals surface area contributed by atoms with Crippen LogP contribution in [0.3, 0.4) is 0 Å². The van der Waals surface area contributed by atoms with E-state index in [1.54, 1.807) is 12.1 Å². The number of hydrogen-bond donors (Lipinski definition) is 1. The fourth-order valence-corrected chi connectivity index (χ4v) is 3.50. The highest BCUT2D eigenvalue weighted by atomic mass is 32.2. The first-order valence-electron chi connectivity index (χ1n) is 7.21. The summed E-state index contributed by atoms with van der Waals surface area (Å²) in [5, 5.41) is 10.2. The summed E-state index contributed by atoms with van der Waals surface area (Å²) in [6.07, 6.45) is 0.736. The lowest BCUT2D eigenvalue weighted by atomic mass is 9.97. The number of rotatable bonds is 3. The fraction of sp³-hybridized carbons (Fsp3) is 0.294. The summed E-state index contributed by atoms with van der Waals surface area (Å²) in [6.45, 7) is 2.07. The summed E-state index contributed by atoms with van der Waals surface area (Å²) in [6, 6.07) is 14.9. The van der Waals surface area contributed by atoms with Crippen molar-refractivity contribution in [1.82, 2.24) is 4.90 Å². The topological polar surface area (TPSA) is 57.6 Å². The monoisotopic (exact) mass is 317 g/mol. The van der Waals surface area contributed by atoms with E-state index in [1.165, 1.54) is 6.26 Å². The highest BCUT2D eigenvalue weighted by Gasteiger charge is 2.23. The second-order valence-corrected chi connectivity index (χ2v) is 7.82. The molecule has 0 saturated carbocycles. The maximum Gasteiger partial charge on any atom is 0.175 e. The van der Waals surface area contributed by atoms with Crippen LogP contribution in [-0.4, -0.2) is 31.2 Å². The molecule has 1 atom stereocenters. The Bertz CT molecular complexity index is 769. The Morgan fingerprint density at radius 2 is 1.82 bits per heavy atom. The van der Waals surface area contributed by atoms with Crippen molar-refractivity contribution >= 4 is 9.84 Å². The molecule has 22 heavy (non-hydrogen) atoms. The zero-order valence-corrected chi connectivity index (χ0v) is 13.3. The van der Waals surface area contributed by atoms with Crippen LogP contribution >= 0.6 is 0 Å². The van der Waals surface area contributed by atoms with Crippen LogP contribution in [0.1, 0.15) is 22.8 Å². The number of β-amino-alcohol motifs (C(OH)–C–C–N with tert-alkyl or cyclic N) is 1. The molecule has 2 aromatic carbocycles. The smallest absolute Gasteiger partial charge is 0.175 e. The second kappa shape index (κ2) is 5.83. The highest BCUT2D eigenvalue weighted by Crippen LogP contribution is 2.27. The minimum absolute atomic E-state index is 0.334. The minimum atomic E-state index is -3.16. The van der Waals surface area contributed by atoms with Crippen molar-refractivity contribution in [2.75, 3.05) is 12.8 Å². The predicted molar refractivity (Wildman–Crippen MR) is 85.1 cm³/mol. The molecule has 5 heteroatoms. The number of aliphatic hydroxyl groups excluding tert-OH is 1. The quantitative estimate of drug-likeness (QED) is 0.942. The van der Waals surface area contributed by atoms with Gasteiger partial charge in [-0.15, -0.1) is 0 Å². The van der Waals surface area contributed by atoms with Crippen LogP contribution in [0.2, 0.25) is 0 Å². The van der Waals surface area contributed by atoms with E-state index in [4.69, 9.17) is 0 Å². The number of aliphatic hydroxyl groups is 1. The van der Waals surface area contributed by atoms with Gasteiger partial charge in [0.15, 0.2) is 9.84 Å². The van der Waals surface area contributed by atoms with Crippen LogP contribution < -0.4 is 0 Å². The molecule has 3 rings (SSSR count). The lowest BCUT2D eigenvalue weighted by Crippen LogP contribution is -2.33. The zero-order chi connectivity index (χ0) is 15.7. The van der Waals surface area contributed by atoms with Gasteiger partial charge in [0.25, 0.3) is 0 Å². The molecule has 1 aliphatic rings. The van der Waals surface area contributed by atoms with Crippen LogP contribution in [0.15, 0.2) is 53.4 Å². The Balaban J connectivity index is 1.75. The standard InChI is InChI=1S/C17H19NO3S/c1-22(20,21)15-8-6-13(7-9-15)10-18-11-14-4-2-3-5-16(14)17(19)12-18/h2-9,17,19H,10-12H2,1H3. The van der Waals surface area contributed by atoms with Crippen LogP contribution in [0.25, 0.3) is 0 Å². The minimum Gasteiger partial charge on any atom is -0.387 e. The third-order valence-corrected chi connectivity index (χ3v) is 5.13. The molecule has 1 N–H and O–H groups in total. The first kappa shape index (κ1) is 15.2. The Kier molecular flexibility index (Phi) is 4.04. The van der Waals surface area contributed by atoms with E-state index < -0.39 is 15.9 Å². The van der Waals surface area contributed by atoms with Gasteiger partial charge in [0.2, 0.25) is 0 Å². The van der Waals surface area contributed by atoms with Gasteiger partial charge in [0.1, 0.15) is 0 Å².